The normalized spacial score (nSPS) is 20.6. The van der Waals surface area contributed by atoms with Crippen molar-refractivity contribution in [1.29, 1.82) is 0 Å². The van der Waals surface area contributed by atoms with Crippen LogP contribution in [0.4, 0.5) is 0 Å². The first kappa shape index (κ1) is 13.9. The van der Waals surface area contributed by atoms with Crippen molar-refractivity contribution < 1.29 is 14.6 Å². The molecule has 0 aliphatic heterocycles. The molecule has 1 heterocycles. The summed E-state index contributed by atoms with van der Waals surface area (Å²) >= 11 is 1.25. The number of carboxylic acid groups (broad SMARTS) is 1. The summed E-state index contributed by atoms with van der Waals surface area (Å²) in [5.74, 6) is 0.150. The van der Waals surface area contributed by atoms with Crippen molar-refractivity contribution in [2.24, 2.45) is 0 Å². The van der Waals surface area contributed by atoms with E-state index < -0.39 is 5.97 Å². The van der Waals surface area contributed by atoms with Gasteiger partial charge < -0.3 is 14.4 Å². The van der Waals surface area contributed by atoms with Crippen LogP contribution in [-0.2, 0) is 16.0 Å². The van der Waals surface area contributed by atoms with Crippen molar-refractivity contribution >= 4 is 17.7 Å². The molecule has 3 rings (SSSR count). The van der Waals surface area contributed by atoms with E-state index >= 15 is 0 Å². The lowest BCUT2D eigenvalue weighted by Crippen LogP contribution is -2.42. The van der Waals surface area contributed by atoms with Crippen molar-refractivity contribution in [2.45, 2.75) is 55.3 Å². The van der Waals surface area contributed by atoms with E-state index in [1.807, 2.05) is 0 Å². The Bertz CT molecular complexity index is 503. The highest BCUT2D eigenvalue weighted by Crippen LogP contribution is 2.42. The molecular formula is C13H19N3O3S. The number of aromatic nitrogens is 3. The zero-order chi connectivity index (χ0) is 14.2. The minimum absolute atomic E-state index is 0.0280. The summed E-state index contributed by atoms with van der Waals surface area (Å²) in [6, 6.07) is 0.449. The Morgan fingerprint density at radius 1 is 1.50 bits per heavy atom. The van der Waals surface area contributed by atoms with E-state index in [9.17, 15) is 4.79 Å². The molecule has 0 spiro atoms. The van der Waals surface area contributed by atoms with Crippen molar-refractivity contribution in [3.8, 4) is 0 Å². The third-order valence-corrected chi connectivity index (χ3v) is 5.08. The third kappa shape index (κ3) is 2.69. The molecule has 0 saturated heterocycles. The summed E-state index contributed by atoms with van der Waals surface area (Å²) in [6.45, 7) is 0. The lowest BCUT2D eigenvalue weighted by molar-refractivity contribution is -0.133. The monoisotopic (exact) mass is 297 g/mol. The SMILES string of the molecule is COC1(Cc2nnc(SCC(=O)O)n2C2CC2)CCC1. The van der Waals surface area contributed by atoms with Gasteiger partial charge in [0.1, 0.15) is 5.82 Å². The molecule has 7 heteroatoms. The van der Waals surface area contributed by atoms with Gasteiger partial charge in [0.25, 0.3) is 0 Å². The highest BCUT2D eigenvalue weighted by Gasteiger charge is 2.40. The summed E-state index contributed by atoms with van der Waals surface area (Å²) in [6.07, 6.45) is 6.38. The summed E-state index contributed by atoms with van der Waals surface area (Å²) in [5, 5.41) is 18.0. The second-order valence-electron chi connectivity index (χ2n) is 5.60. The molecule has 2 saturated carbocycles. The number of rotatable bonds is 7. The lowest BCUT2D eigenvalue weighted by Gasteiger charge is -2.40. The predicted octanol–water partition coefficient (Wildman–Crippen LogP) is 1.90. The first-order valence-electron chi connectivity index (χ1n) is 6.97. The Balaban J connectivity index is 1.78. The number of nitrogens with zero attached hydrogens (tertiary/aromatic N) is 3. The van der Waals surface area contributed by atoms with Gasteiger partial charge in [-0.25, -0.2) is 0 Å². The van der Waals surface area contributed by atoms with Gasteiger partial charge in [0.2, 0.25) is 0 Å². The predicted molar refractivity (Wildman–Crippen MR) is 73.9 cm³/mol. The molecule has 0 radical (unpaired) electrons. The molecule has 0 bridgehead atoms. The molecule has 1 N–H and O–H groups in total. The molecule has 0 atom stereocenters. The van der Waals surface area contributed by atoms with Crippen LogP contribution in [0.2, 0.25) is 0 Å². The number of carboxylic acids is 1. The molecule has 2 fully saturated rings. The Hall–Kier alpha value is -1.08. The maximum absolute atomic E-state index is 10.7. The van der Waals surface area contributed by atoms with Gasteiger partial charge >= 0.3 is 5.97 Å². The number of ether oxygens (including phenoxy) is 1. The first-order valence-corrected chi connectivity index (χ1v) is 7.96. The van der Waals surface area contributed by atoms with E-state index in [0.717, 1.165) is 43.1 Å². The van der Waals surface area contributed by atoms with E-state index in [0.29, 0.717) is 6.04 Å². The molecular weight excluding hydrogens is 278 g/mol. The van der Waals surface area contributed by atoms with Crippen molar-refractivity contribution in [1.82, 2.24) is 14.8 Å². The zero-order valence-electron chi connectivity index (χ0n) is 11.5. The quantitative estimate of drug-likeness (QED) is 0.775. The topological polar surface area (TPSA) is 77.2 Å². The Labute approximate surface area is 121 Å². The minimum atomic E-state index is -0.825. The van der Waals surface area contributed by atoms with Gasteiger partial charge in [0, 0.05) is 19.6 Å². The highest BCUT2D eigenvalue weighted by molar-refractivity contribution is 7.99. The molecule has 1 aromatic heterocycles. The smallest absolute Gasteiger partial charge is 0.313 e. The number of methoxy groups -OCH3 is 1. The molecule has 0 unspecified atom stereocenters. The van der Waals surface area contributed by atoms with E-state index in [4.69, 9.17) is 9.84 Å². The van der Waals surface area contributed by atoms with Gasteiger partial charge in [0.05, 0.1) is 11.4 Å². The lowest BCUT2D eigenvalue weighted by atomic mass is 9.77. The summed E-state index contributed by atoms with van der Waals surface area (Å²) in [4.78, 5) is 10.7. The largest absolute Gasteiger partial charge is 0.481 e. The molecule has 1 aromatic rings. The van der Waals surface area contributed by atoms with Crippen LogP contribution in [0, 0.1) is 0 Å². The van der Waals surface area contributed by atoms with Crippen LogP contribution < -0.4 is 0 Å². The molecule has 0 amide bonds. The number of aliphatic carboxylic acids is 1. The van der Waals surface area contributed by atoms with Crippen molar-refractivity contribution in [2.75, 3.05) is 12.9 Å². The van der Waals surface area contributed by atoms with Crippen LogP contribution in [0.15, 0.2) is 5.16 Å². The van der Waals surface area contributed by atoms with E-state index in [2.05, 4.69) is 14.8 Å². The van der Waals surface area contributed by atoms with E-state index in [-0.39, 0.29) is 11.4 Å². The summed E-state index contributed by atoms with van der Waals surface area (Å²) in [7, 11) is 1.76. The zero-order valence-corrected chi connectivity index (χ0v) is 12.4. The fourth-order valence-corrected chi connectivity index (χ4v) is 3.41. The number of hydrogen-bond donors (Lipinski definition) is 1. The van der Waals surface area contributed by atoms with Crippen molar-refractivity contribution in [3.05, 3.63) is 5.82 Å². The molecule has 110 valence electrons. The molecule has 20 heavy (non-hydrogen) atoms. The fraction of sp³-hybridized carbons (Fsp3) is 0.769. The Kier molecular flexibility index (Phi) is 3.72. The average Bonchev–Trinajstić information content (AvgIpc) is 3.13. The standard InChI is InChI=1S/C13H19N3O3S/c1-19-13(5-2-6-13)7-10-14-15-12(20-8-11(17)18)16(10)9-3-4-9/h9H,2-8H2,1H3,(H,17,18). The Morgan fingerprint density at radius 3 is 2.75 bits per heavy atom. The van der Waals surface area contributed by atoms with Crippen LogP contribution in [0.25, 0.3) is 0 Å². The highest BCUT2D eigenvalue weighted by atomic mass is 32.2. The summed E-state index contributed by atoms with van der Waals surface area (Å²) in [5.41, 5.74) is -0.0750. The second-order valence-corrected chi connectivity index (χ2v) is 6.54. The van der Waals surface area contributed by atoms with Crippen molar-refractivity contribution in [3.63, 3.8) is 0 Å². The minimum Gasteiger partial charge on any atom is -0.481 e. The van der Waals surface area contributed by atoms with Gasteiger partial charge in [-0.2, -0.15) is 0 Å². The van der Waals surface area contributed by atoms with Gasteiger partial charge in [-0.1, -0.05) is 11.8 Å². The van der Waals surface area contributed by atoms with Gasteiger partial charge in [-0.15, -0.1) is 10.2 Å². The number of hydrogen-bond acceptors (Lipinski definition) is 5. The fourth-order valence-electron chi connectivity index (χ4n) is 2.66. The maximum Gasteiger partial charge on any atom is 0.313 e. The average molecular weight is 297 g/mol. The Morgan fingerprint density at radius 2 is 2.25 bits per heavy atom. The van der Waals surface area contributed by atoms with Crippen LogP contribution in [0.5, 0.6) is 0 Å². The second kappa shape index (κ2) is 5.37. The third-order valence-electron chi connectivity index (χ3n) is 4.15. The molecule has 6 nitrogen and oxygen atoms in total. The van der Waals surface area contributed by atoms with Crippen LogP contribution in [-0.4, -0.2) is 44.3 Å². The van der Waals surface area contributed by atoms with Gasteiger partial charge in [-0.05, 0) is 32.1 Å². The van der Waals surface area contributed by atoms with Crippen LogP contribution >= 0.6 is 11.8 Å². The van der Waals surface area contributed by atoms with Gasteiger partial charge in [0.15, 0.2) is 5.16 Å². The summed E-state index contributed by atoms with van der Waals surface area (Å²) < 4.78 is 7.79. The molecule has 2 aliphatic carbocycles. The van der Waals surface area contributed by atoms with Crippen LogP contribution in [0.1, 0.15) is 44.0 Å². The molecule has 0 aromatic carbocycles. The van der Waals surface area contributed by atoms with E-state index in [1.165, 1.54) is 18.2 Å². The first-order chi connectivity index (χ1) is 9.63. The van der Waals surface area contributed by atoms with E-state index in [1.54, 1.807) is 7.11 Å². The maximum atomic E-state index is 10.7. The van der Waals surface area contributed by atoms with Gasteiger partial charge in [-0.3, -0.25) is 4.79 Å². The number of thioether (sulfide) groups is 1. The van der Waals surface area contributed by atoms with Crippen LogP contribution in [0.3, 0.4) is 0 Å². The molecule has 2 aliphatic rings. The number of carbonyl (C=O) groups is 1.